The molecule has 2 atom stereocenters. The number of carbonyl (C=O) groups excluding carboxylic acids is 1. The lowest BCUT2D eigenvalue weighted by Gasteiger charge is -2.15. The van der Waals surface area contributed by atoms with Gasteiger partial charge in [-0.15, -0.1) is 0 Å². The monoisotopic (exact) mass is 339 g/mol. The molecule has 1 amide bonds. The molecule has 1 aromatic carbocycles. The van der Waals surface area contributed by atoms with Crippen LogP contribution in [-0.4, -0.2) is 38.8 Å². The highest BCUT2D eigenvalue weighted by Gasteiger charge is 2.25. The Bertz CT molecular complexity index is 641. The predicted molar refractivity (Wildman–Crippen MR) is 89.1 cm³/mol. The number of nitrogens with two attached hydrogens (primary N) is 1. The highest BCUT2D eigenvalue weighted by Crippen LogP contribution is 2.26. The maximum absolute atomic E-state index is 12.0. The molecule has 7 heteroatoms. The standard InChI is InChI=1S/C16H25N3O3S/c1-19(2)23(21,22)14-8-6-12(7-9-14)11-18-16(20)10-13-4-3-5-15(13)17/h6-9,13,15H,3-5,10-11,17H2,1-2H3,(H,18,20)/t13-,15+/m0/s1. The smallest absolute Gasteiger partial charge is 0.242 e. The van der Waals surface area contributed by atoms with Crippen LogP contribution < -0.4 is 11.1 Å². The second-order valence-corrected chi connectivity index (χ2v) is 8.42. The number of nitrogens with zero attached hydrogens (tertiary/aromatic N) is 1. The van der Waals surface area contributed by atoms with Crippen LogP contribution in [0.3, 0.4) is 0 Å². The number of rotatable bonds is 6. The molecule has 23 heavy (non-hydrogen) atoms. The summed E-state index contributed by atoms with van der Waals surface area (Å²) in [6.45, 7) is 0.392. The first kappa shape index (κ1) is 17.9. The van der Waals surface area contributed by atoms with Gasteiger partial charge in [0.1, 0.15) is 0 Å². The number of hydrogen-bond acceptors (Lipinski definition) is 4. The number of hydrogen-bond donors (Lipinski definition) is 2. The van der Waals surface area contributed by atoms with Crippen molar-refractivity contribution in [3.63, 3.8) is 0 Å². The van der Waals surface area contributed by atoms with Gasteiger partial charge in [-0.3, -0.25) is 4.79 Å². The third-order valence-electron chi connectivity index (χ3n) is 4.36. The third kappa shape index (κ3) is 4.53. The van der Waals surface area contributed by atoms with Crippen molar-refractivity contribution in [1.82, 2.24) is 9.62 Å². The molecule has 0 aromatic heterocycles. The van der Waals surface area contributed by atoms with Crippen molar-refractivity contribution in [2.45, 2.75) is 43.2 Å². The molecule has 1 aliphatic rings. The van der Waals surface area contributed by atoms with Crippen LogP contribution in [0.15, 0.2) is 29.2 Å². The zero-order chi connectivity index (χ0) is 17.0. The first-order chi connectivity index (χ1) is 10.8. The Morgan fingerprint density at radius 3 is 2.43 bits per heavy atom. The predicted octanol–water partition coefficient (Wildman–Crippen LogP) is 1.07. The zero-order valence-electron chi connectivity index (χ0n) is 13.7. The summed E-state index contributed by atoms with van der Waals surface area (Å²) in [5.41, 5.74) is 6.84. The minimum Gasteiger partial charge on any atom is -0.352 e. The van der Waals surface area contributed by atoms with E-state index < -0.39 is 10.0 Å². The molecule has 128 valence electrons. The molecule has 0 saturated heterocycles. The van der Waals surface area contributed by atoms with E-state index in [1.54, 1.807) is 24.3 Å². The van der Waals surface area contributed by atoms with Crippen LogP contribution >= 0.6 is 0 Å². The van der Waals surface area contributed by atoms with Gasteiger partial charge in [0.15, 0.2) is 0 Å². The van der Waals surface area contributed by atoms with Crippen molar-refractivity contribution in [2.24, 2.45) is 11.7 Å². The van der Waals surface area contributed by atoms with Gasteiger partial charge in [0.05, 0.1) is 4.90 Å². The summed E-state index contributed by atoms with van der Waals surface area (Å²) in [7, 11) is -0.420. The Morgan fingerprint density at radius 1 is 1.26 bits per heavy atom. The van der Waals surface area contributed by atoms with E-state index in [4.69, 9.17) is 5.73 Å². The minimum absolute atomic E-state index is 0.00246. The van der Waals surface area contributed by atoms with Gasteiger partial charge < -0.3 is 11.1 Å². The van der Waals surface area contributed by atoms with Gasteiger partial charge >= 0.3 is 0 Å². The fourth-order valence-electron chi connectivity index (χ4n) is 2.82. The molecular formula is C16H25N3O3S. The lowest BCUT2D eigenvalue weighted by atomic mass is 10.00. The maximum atomic E-state index is 12.0. The number of carbonyl (C=O) groups is 1. The summed E-state index contributed by atoms with van der Waals surface area (Å²) in [6.07, 6.45) is 3.58. The van der Waals surface area contributed by atoms with Crippen LogP contribution in [0, 0.1) is 5.92 Å². The molecule has 1 aromatic rings. The normalized spacial score (nSPS) is 21.6. The van der Waals surface area contributed by atoms with Crippen LogP contribution in [0.4, 0.5) is 0 Å². The first-order valence-corrected chi connectivity index (χ1v) is 9.28. The van der Waals surface area contributed by atoms with Gasteiger partial charge in [0.2, 0.25) is 15.9 Å². The Labute approximate surface area is 138 Å². The van der Waals surface area contributed by atoms with E-state index in [2.05, 4.69) is 5.32 Å². The fourth-order valence-corrected chi connectivity index (χ4v) is 3.72. The van der Waals surface area contributed by atoms with Crippen LogP contribution in [0.2, 0.25) is 0 Å². The quantitative estimate of drug-likeness (QED) is 0.811. The van der Waals surface area contributed by atoms with Gasteiger partial charge in [-0.05, 0) is 36.5 Å². The molecule has 1 fully saturated rings. The van der Waals surface area contributed by atoms with Gasteiger partial charge in [-0.25, -0.2) is 12.7 Å². The Morgan fingerprint density at radius 2 is 1.91 bits per heavy atom. The van der Waals surface area contributed by atoms with Crippen molar-refractivity contribution in [2.75, 3.05) is 14.1 Å². The highest BCUT2D eigenvalue weighted by molar-refractivity contribution is 7.89. The summed E-state index contributed by atoms with van der Waals surface area (Å²) in [5.74, 6) is 0.278. The zero-order valence-corrected chi connectivity index (χ0v) is 14.5. The average Bonchev–Trinajstić information content (AvgIpc) is 2.90. The van der Waals surface area contributed by atoms with E-state index in [1.807, 2.05) is 0 Å². The van der Waals surface area contributed by atoms with E-state index >= 15 is 0 Å². The summed E-state index contributed by atoms with van der Waals surface area (Å²) < 4.78 is 25.1. The van der Waals surface area contributed by atoms with Gasteiger partial charge in [0, 0.05) is 33.1 Å². The Balaban J connectivity index is 1.88. The molecule has 0 radical (unpaired) electrons. The first-order valence-electron chi connectivity index (χ1n) is 7.84. The molecule has 6 nitrogen and oxygen atoms in total. The second-order valence-electron chi connectivity index (χ2n) is 6.27. The third-order valence-corrected chi connectivity index (χ3v) is 6.19. The van der Waals surface area contributed by atoms with Crippen molar-refractivity contribution in [1.29, 1.82) is 0 Å². The lowest BCUT2D eigenvalue weighted by molar-refractivity contribution is -0.122. The summed E-state index contributed by atoms with van der Waals surface area (Å²) in [4.78, 5) is 12.2. The highest BCUT2D eigenvalue weighted by atomic mass is 32.2. The summed E-state index contributed by atoms with van der Waals surface area (Å²) >= 11 is 0. The van der Waals surface area contributed by atoms with Crippen molar-refractivity contribution in [3.05, 3.63) is 29.8 Å². The molecule has 1 aliphatic carbocycles. The Hall–Kier alpha value is -1.44. The van der Waals surface area contributed by atoms with E-state index in [9.17, 15) is 13.2 Å². The largest absolute Gasteiger partial charge is 0.352 e. The van der Waals surface area contributed by atoms with Crippen LogP contribution in [-0.2, 0) is 21.4 Å². The number of nitrogens with one attached hydrogen (secondary N) is 1. The van der Waals surface area contributed by atoms with E-state index in [-0.39, 0.29) is 22.8 Å². The fraction of sp³-hybridized carbons (Fsp3) is 0.562. The summed E-state index contributed by atoms with van der Waals surface area (Å²) in [5, 5.41) is 2.87. The molecule has 0 heterocycles. The van der Waals surface area contributed by atoms with Gasteiger partial charge in [-0.1, -0.05) is 18.6 Å². The van der Waals surface area contributed by atoms with Crippen molar-refractivity contribution in [3.8, 4) is 0 Å². The second kappa shape index (κ2) is 7.42. The van der Waals surface area contributed by atoms with E-state index in [0.29, 0.717) is 13.0 Å². The van der Waals surface area contributed by atoms with Gasteiger partial charge in [-0.2, -0.15) is 0 Å². The van der Waals surface area contributed by atoms with Crippen molar-refractivity contribution >= 4 is 15.9 Å². The minimum atomic E-state index is -3.41. The molecule has 2 rings (SSSR count). The maximum Gasteiger partial charge on any atom is 0.242 e. The number of sulfonamides is 1. The van der Waals surface area contributed by atoms with E-state index in [1.165, 1.54) is 18.4 Å². The number of benzene rings is 1. The number of amides is 1. The molecular weight excluding hydrogens is 314 g/mol. The van der Waals surface area contributed by atoms with Crippen LogP contribution in [0.25, 0.3) is 0 Å². The Kier molecular flexibility index (Phi) is 5.78. The molecule has 0 aliphatic heterocycles. The molecule has 3 N–H and O–H groups in total. The van der Waals surface area contributed by atoms with Gasteiger partial charge in [0.25, 0.3) is 0 Å². The van der Waals surface area contributed by atoms with Crippen molar-refractivity contribution < 1.29 is 13.2 Å². The van der Waals surface area contributed by atoms with Crippen LogP contribution in [0.5, 0.6) is 0 Å². The molecule has 1 saturated carbocycles. The molecule has 0 unspecified atom stereocenters. The summed E-state index contributed by atoms with van der Waals surface area (Å²) in [6, 6.07) is 6.69. The molecule has 0 spiro atoms. The average molecular weight is 339 g/mol. The SMILES string of the molecule is CN(C)S(=O)(=O)c1ccc(CNC(=O)C[C@@H]2CCC[C@H]2N)cc1. The lowest BCUT2D eigenvalue weighted by Crippen LogP contribution is -2.31. The molecule has 0 bridgehead atoms. The van der Waals surface area contributed by atoms with Crippen LogP contribution in [0.1, 0.15) is 31.2 Å². The topological polar surface area (TPSA) is 92.5 Å². The van der Waals surface area contributed by atoms with E-state index in [0.717, 1.165) is 24.8 Å².